The normalized spacial score (nSPS) is 12.0. The predicted octanol–water partition coefficient (Wildman–Crippen LogP) is 3.51. The van der Waals surface area contributed by atoms with Gasteiger partial charge in [0.25, 0.3) is 0 Å². The Bertz CT molecular complexity index is 646. The maximum atomic E-state index is 9.32. The molecule has 118 valence electrons. The SMILES string of the molecule is Cc1ccc(Oc2ccc(NCC(O)CO)cc2Cl)cc1C. The molecule has 0 bridgehead atoms. The molecule has 2 aromatic rings. The zero-order valence-electron chi connectivity index (χ0n) is 12.6. The van der Waals surface area contributed by atoms with Crippen LogP contribution < -0.4 is 10.1 Å². The van der Waals surface area contributed by atoms with Crippen LogP contribution in [0.4, 0.5) is 5.69 Å². The fourth-order valence-corrected chi connectivity index (χ4v) is 2.12. The fraction of sp³-hybridized carbons (Fsp3) is 0.294. The largest absolute Gasteiger partial charge is 0.456 e. The van der Waals surface area contributed by atoms with Gasteiger partial charge in [0, 0.05) is 12.2 Å². The van der Waals surface area contributed by atoms with E-state index in [-0.39, 0.29) is 13.2 Å². The Labute approximate surface area is 135 Å². The molecule has 0 fully saturated rings. The average molecular weight is 322 g/mol. The Morgan fingerprint density at radius 3 is 2.55 bits per heavy atom. The third-order valence-electron chi connectivity index (χ3n) is 3.39. The third kappa shape index (κ3) is 4.37. The van der Waals surface area contributed by atoms with Crippen molar-refractivity contribution in [3.63, 3.8) is 0 Å². The minimum atomic E-state index is -0.801. The molecule has 0 saturated carbocycles. The van der Waals surface area contributed by atoms with Crippen LogP contribution in [0.2, 0.25) is 5.02 Å². The van der Waals surface area contributed by atoms with E-state index in [0.29, 0.717) is 10.8 Å². The van der Waals surface area contributed by atoms with Crippen LogP contribution in [0, 0.1) is 13.8 Å². The molecule has 0 aliphatic carbocycles. The molecule has 0 heterocycles. The number of aliphatic hydroxyl groups excluding tert-OH is 2. The number of benzene rings is 2. The molecule has 0 aromatic heterocycles. The predicted molar refractivity (Wildman–Crippen MR) is 89.0 cm³/mol. The molecular formula is C17H20ClNO3. The Hall–Kier alpha value is -1.75. The van der Waals surface area contributed by atoms with E-state index < -0.39 is 6.10 Å². The van der Waals surface area contributed by atoms with Crippen LogP contribution in [0.25, 0.3) is 0 Å². The number of halogens is 1. The summed E-state index contributed by atoms with van der Waals surface area (Å²) in [4.78, 5) is 0. The molecule has 0 aliphatic heterocycles. The minimum Gasteiger partial charge on any atom is -0.456 e. The van der Waals surface area contributed by atoms with Gasteiger partial charge in [-0.1, -0.05) is 17.7 Å². The van der Waals surface area contributed by atoms with Gasteiger partial charge in [-0.25, -0.2) is 0 Å². The molecule has 5 heteroatoms. The molecular weight excluding hydrogens is 302 g/mol. The molecule has 0 spiro atoms. The van der Waals surface area contributed by atoms with E-state index >= 15 is 0 Å². The molecule has 0 amide bonds. The van der Waals surface area contributed by atoms with Crippen LogP contribution in [0.1, 0.15) is 11.1 Å². The molecule has 3 N–H and O–H groups in total. The first-order valence-electron chi connectivity index (χ1n) is 7.07. The Morgan fingerprint density at radius 2 is 1.91 bits per heavy atom. The van der Waals surface area contributed by atoms with Crippen molar-refractivity contribution in [2.45, 2.75) is 20.0 Å². The van der Waals surface area contributed by atoms with Gasteiger partial charge < -0.3 is 20.3 Å². The van der Waals surface area contributed by atoms with Gasteiger partial charge in [0.2, 0.25) is 0 Å². The highest BCUT2D eigenvalue weighted by molar-refractivity contribution is 6.32. The van der Waals surface area contributed by atoms with Crippen molar-refractivity contribution < 1.29 is 14.9 Å². The van der Waals surface area contributed by atoms with Gasteiger partial charge in [0.15, 0.2) is 0 Å². The summed E-state index contributed by atoms with van der Waals surface area (Å²) in [5.41, 5.74) is 3.12. The maximum Gasteiger partial charge on any atom is 0.146 e. The van der Waals surface area contributed by atoms with Crippen molar-refractivity contribution in [1.82, 2.24) is 0 Å². The summed E-state index contributed by atoms with van der Waals surface area (Å²) >= 11 is 6.22. The molecule has 0 saturated heterocycles. The Morgan fingerprint density at radius 1 is 1.14 bits per heavy atom. The summed E-state index contributed by atoms with van der Waals surface area (Å²) in [6, 6.07) is 11.2. The van der Waals surface area contributed by atoms with Gasteiger partial charge >= 0.3 is 0 Å². The summed E-state index contributed by atoms with van der Waals surface area (Å²) in [6.45, 7) is 4.05. The lowest BCUT2D eigenvalue weighted by Crippen LogP contribution is -2.22. The van der Waals surface area contributed by atoms with Crippen molar-refractivity contribution in [1.29, 1.82) is 0 Å². The van der Waals surface area contributed by atoms with E-state index in [1.54, 1.807) is 12.1 Å². The summed E-state index contributed by atoms with van der Waals surface area (Å²) in [7, 11) is 0. The van der Waals surface area contributed by atoms with Crippen LogP contribution in [-0.2, 0) is 0 Å². The highest BCUT2D eigenvalue weighted by Gasteiger charge is 2.07. The van der Waals surface area contributed by atoms with Crippen molar-refractivity contribution >= 4 is 17.3 Å². The van der Waals surface area contributed by atoms with E-state index in [4.69, 9.17) is 21.4 Å². The lowest BCUT2D eigenvalue weighted by Gasteiger charge is -2.13. The van der Waals surface area contributed by atoms with Crippen molar-refractivity contribution in [3.8, 4) is 11.5 Å². The van der Waals surface area contributed by atoms with Crippen LogP contribution in [0.3, 0.4) is 0 Å². The van der Waals surface area contributed by atoms with E-state index in [1.165, 1.54) is 5.56 Å². The topological polar surface area (TPSA) is 61.7 Å². The molecule has 22 heavy (non-hydrogen) atoms. The lowest BCUT2D eigenvalue weighted by molar-refractivity contribution is 0.105. The number of nitrogens with one attached hydrogen (secondary N) is 1. The second-order valence-corrected chi connectivity index (χ2v) is 5.62. The zero-order valence-corrected chi connectivity index (χ0v) is 13.4. The first-order valence-corrected chi connectivity index (χ1v) is 7.45. The van der Waals surface area contributed by atoms with Gasteiger partial charge in [-0.2, -0.15) is 0 Å². The Balaban J connectivity index is 2.07. The smallest absolute Gasteiger partial charge is 0.146 e. The quantitative estimate of drug-likeness (QED) is 0.762. The standard InChI is InChI=1S/C17H20ClNO3/c1-11-3-5-15(7-12(11)2)22-17-6-4-13(8-16(17)18)19-9-14(21)10-20/h3-8,14,19-21H,9-10H2,1-2H3. The van der Waals surface area contributed by atoms with Gasteiger partial charge in [-0.3, -0.25) is 0 Å². The summed E-state index contributed by atoms with van der Waals surface area (Å²) in [5, 5.41) is 21.6. The number of hydrogen-bond donors (Lipinski definition) is 3. The molecule has 0 radical (unpaired) electrons. The maximum absolute atomic E-state index is 9.32. The number of aryl methyl sites for hydroxylation is 2. The van der Waals surface area contributed by atoms with E-state index in [1.807, 2.05) is 38.1 Å². The van der Waals surface area contributed by atoms with Gasteiger partial charge in [0.1, 0.15) is 11.5 Å². The van der Waals surface area contributed by atoms with E-state index in [0.717, 1.165) is 17.0 Å². The molecule has 1 unspecified atom stereocenters. The number of aliphatic hydroxyl groups is 2. The number of ether oxygens (including phenoxy) is 1. The first kappa shape index (κ1) is 16.6. The zero-order chi connectivity index (χ0) is 16.1. The highest BCUT2D eigenvalue weighted by atomic mass is 35.5. The van der Waals surface area contributed by atoms with Crippen molar-refractivity contribution in [2.75, 3.05) is 18.5 Å². The molecule has 4 nitrogen and oxygen atoms in total. The van der Waals surface area contributed by atoms with Crippen molar-refractivity contribution in [3.05, 3.63) is 52.5 Å². The minimum absolute atomic E-state index is 0.254. The van der Waals surface area contributed by atoms with Crippen LogP contribution in [-0.4, -0.2) is 29.5 Å². The average Bonchev–Trinajstić information content (AvgIpc) is 2.51. The molecule has 1 atom stereocenters. The van der Waals surface area contributed by atoms with Crippen LogP contribution >= 0.6 is 11.6 Å². The summed E-state index contributed by atoms with van der Waals surface area (Å²) in [5.74, 6) is 1.31. The summed E-state index contributed by atoms with van der Waals surface area (Å²) in [6.07, 6.45) is -0.801. The van der Waals surface area contributed by atoms with Crippen molar-refractivity contribution in [2.24, 2.45) is 0 Å². The van der Waals surface area contributed by atoms with E-state index in [9.17, 15) is 5.11 Å². The molecule has 2 aromatic carbocycles. The number of rotatable bonds is 6. The monoisotopic (exact) mass is 321 g/mol. The van der Waals surface area contributed by atoms with Gasteiger partial charge in [-0.15, -0.1) is 0 Å². The second-order valence-electron chi connectivity index (χ2n) is 5.21. The highest BCUT2D eigenvalue weighted by Crippen LogP contribution is 2.32. The van der Waals surface area contributed by atoms with E-state index in [2.05, 4.69) is 5.32 Å². The lowest BCUT2D eigenvalue weighted by atomic mass is 10.1. The number of hydrogen-bond acceptors (Lipinski definition) is 4. The van der Waals surface area contributed by atoms with Gasteiger partial charge in [-0.05, 0) is 55.3 Å². The Kier molecular flexibility index (Phi) is 5.66. The first-order chi connectivity index (χ1) is 10.5. The fourth-order valence-electron chi connectivity index (χ4n) is 1.90. The second kappa shape index (κ2) is 7.49. The summed E-state index contributed by atoms with van der Waals surface area (Å²) < 4.78 is 5.80. The molecule has 2 rings (SSSR count). The van der Waals surface area contributed by atoms with Crippen LogP contribution in [0.5, 0.6) is 11.5 Å². The molecule has 0 aliphatic rings. The van der Waals surface area contributed by atoms with Crippen LogP contribution in [0.15, 0.2) is 36.4 Å². The number of anilines is 1. The van der Waals surface area contributed by atoms with Gasteiger partial charge in [0.05, 0.1) is 17.7 Å². The third-order valence-corrected chi connectivity index (χ3v) is 3.69.